The van der Waals surface area contributed by atoms with Crippen LogP contribution in [0.25, 0.3) is 0 Å². The van der Waals surface area contributed by atoms with Gasteiger partial charge in [0.05, 0.1) is 5.02 Å². The first kappa shape index (κ1) is 17.6. The molecule has 17 heavy (non-hydrogen) atoms. The zero-order chi connectivity index (χ0) is 12.7. The molecule has 0 aliphatic rings. The van der Waals surface area contributed by atoms with Gasteiger partial charge in [-0.2, -0.15) is 16.8 Å². The summed E-state index contributed by atoms with van der Waals surface area (Å²) >= 11 is 10.8. The van der Waals surface area contributed by atoms with E-state index in [9.17, 15) is 16.8 Å². The molecule has 0 aliphatic carbocycles. The first-order chi connectivity index (χ1) is 7.03. The quantitative estimate of drug-likeness (QED) is 0.614. The fraction of sp³-hybridized carbons (Fsp3) is 0. The molecule has 0 bridgehead atoms. The molecule has 0 saturated carbocycles. The Morgan fingerprint density at radius 1 is 0.882 bits per heavy atom. The van der Waals surface area contributed by atoms with E-state index < -0.39 is 35.0 Å². The van der Waals surface area contributed by atoms with E-state index in [4.69, 9.17) is 32.3 Å². The van der Waals surface area contributed by atoms with E-state index in [2.05, 4.69) is 0 Å². The minimum absolute atomic E-state index is 0. The van der Waals surface area contributed by atoms with Gasteiger partial charge < -0.3 is 0 Å². The summed E-state index contributed by atoms with van der Waals surface area (Å²) in [4.78, 5) is -1.79. The van der Waals surface area contributed by atoms with Crippen molar-refractivity contribution in [2.24, 2.45) is 0 Å². The van der Waals surface area contributed by atoms with Gasteiger partial charge >= 0.3 is 29.6 Å². The third-order valence-corrected chi connectivity index (χ3v) is 4.13. The van der Waals surface area contributed by atoms with Crippen molar-refractivity contribution in [1.82, 2.24) is 0 Å². The maximum atomic E-state index is 10.8. The average molecular weight is 331 g/mol. The first-order valence-corrected chi connectivity index (χ1v) is 7.11. The molecule has 2 N–H and O–H groups in total. The SMILES string of the molecule is O=S(=O)(O)c1cc(Cl)cc(S(=O)(=O)O)c1Cl.[NaH]. The topological polar surface area (TPSA) is 109 Å². The second-order valence-corrected chi connectivity index (χ2v) is 6.26. The molecular weight excluding hydrogens is 326 g/mol. The van der Waals surface area contributed by atoms with E-state index in [-0.39, 0.29) is 34.6 Å². The number of benzene rings is 1. The Hall–Kier alpha value is 0.620. The van der Waals surface area contributed by atoms with Crippen LogP contribution in [0.2, 0.25) is 10.0 Å². The van der Waals surface area contributed by atoms with E-state index in [1.54, 1.807) is 0 Å². The third-order valence-electron chi connectivity index (χ3n) is 1.53. The molecule has 11 heteroatoms. The molecule has 0 spiro atoms. The fourth-order valence-electron chi connectivity index (χ4n) is 0.916. The summed E-state index contributed by atoms with van der Waals surface area (Å²) in [6, 6.07) is 1.52. The molecule has 1 aromatic carbocycles. The molecule has 1 rings (SSSR count). The summed E-state index contributed by atoms with van der Waals surface area (Å²) in [6.45, 7) is 0. The van der Waals surface area contributed by atoms with Crippen LogP contribution in [0.1, 0.15) is 0 Å². The summed E-state index contributed by atoms with van der Waals surface area (Å²) < 4.78 is 60.8. The molecule has 1 aromatic rings. The van der Waals surface area contributed by atoms with Crippen LogP contribution in [-0.4, -0.2) is 55.5 Å². The molecular formula is C6H5Cl2NaO6S2. The van der Waals surface area contributed by atoms with Gasteiger partial charge in [0.25, 0.3) is 20.2 Å². The summed E-state index contributed by atoms with van der Waals surface area (Å²) in [5.74, 6) is 0. The van der Waals surface area contributed by atoms with Crippen molar-refractivity contribution in [2.45, 2.75) is 9.79 Å². The second kappa shape index (κ2) is 5.72. The van der Waals surface area contributed by atoms with Crippen LogP contribution in [0.4, 0.5) is 0 Å². The molecule has 0 fully saturated rings. The van der Waals surface area contributed by atoms with E-state index >= 15 is 0 Å². The standard InChI is InChI=1S/C6H4Cl2O6S2.Na.H/c7-3-1-4(15(9,10)11)6(8)5(2-3)16(12,13)14;;/h1-2H,(H,9,10,11)(H,12,13,14);;. The summed E-state index contributed by atoms with van der Waals surface area (Å²) in [6.07, 6.45) is 0. The van der Waals surface area contributed by atoms with Gasteiger partial charge in [-0.3, -0.25) is 9.11 Å². The molecule has 0 aliphatic heterocycles. The Morgan fingerprint density at radius 3 is 1.41 bits per heavy atom. The van der Waals surface area contributed by atoms with E-state index in [1.807, 2.05) is 0 Å². The number of hydrogen-bond acceptors (Lipinski definition) is 4. The number of halogens is 2. The number of rotatable bonds is 2. The van der Waals surface area contributed by atoms with Gasteiger partial charge in [-0.05, 0) is 12.1 Å². The Kier molecular flexibility index (Phi) is 5.93. The van der Waals surface area contributed by atoms with Crippen LogP contribution in [0.5, 0.6) is 0 Å². The molecule has 0 unspecified atom stereocenters. The van der Waals surface area contributed by atoms with Crippen molar-refractivity contribution in [3.8, 4) is 0 Å². The molecule has 0 heterocycles. The van der Waals surface area contributed by atoms with Crippen molar-refractivity contribution in [2.75, 3.05) is 0 Å². The van der Waals surface area contributed by atoms with Crippen LogP contribution >= 0.6 is 23.2 Å². The number of hydrogen-bond donors (Lipinski definition) is 2. The van der Waals surface area contributed by atoms with Gasteiger partial charge in [-0.25, -0.2) is 0 Å². The van der Waals surface area contributed by atoms with Crippen molar-refractivity contribution < 1.29 is 25.9 Å². The monoisotopic (exact) mass is 330 g/mol. The zero-order valence-electron chi connectivity index (χ0n) is 7.25. The van der Waals surface area contributed by atoms with Gasteiger partial charge in [0.1, 0.15) is 9.79 Å². The van der Waals surface area contributed by atoms with E-state index in [0.29, 0.717) is 0 Å². The van der Waals surface area contributed by atoms with E-state index in [0.717, 1.165) is 12.1 Å². The van der Waals surface area contributed by atoms with E-state index in [1.165, 1.54) is 0 Å². The Morgan fingerprint density at radius 2 is 1.18 bits per heavy atom. The predicted molar refractivity (Wildman–Crippen MR) is 63.2 cm³/mol. The molecule has 0 amide bonds. The average Bonchev–Trinajstić information content (AvgIpc) is 2.04. The van der Waals surface area contributed by atoms with Gasteiger partial charge in [-0.1, -0.05) is 23.2 Å². The summed E-state index contributed by atoms with van der Waals surface area (Å²) in [5, 5.41) is -1.14. The normalized spacial score (nSPS) is 12.0. The minimum atomic E-state index is -4.73. The molecule has 0 radical (unpaired) electrons. The Bertz CT molecular complexity index is 585. The maximum absolute atomic E-state index is 10.8. The van der Waals surface area contributed by atoms with Crippen molar-refractivity contribution in [1.29, 1.82) is 0 Å². The van der Waals surface area contributed by atoms with Crippen molar-refractivity contribution in [3.05, 3.63) is 22.2 Å². The van der Waals surface area contributed by atoms with Crippen LogP contribution in [0.15, 0.2) is 21.9 Å². The van der Waals surface area contributed by atoms with Crippen LogP contribution in [-0.2, 0) is 20.2 Å². The molecule has 0 aromatic heterocycles. The van der Waals surface area contributed by atoms with Gasteiger partial charge in [0, 0.05) is 5.02 Å². The van der Waals surface area contributed by atoms with Crippen LogP contribution in [0, 0.1) is 0 Å². The van der Waals surface area contributed by atoms with Crippen molar-refractivity contribution >= 4 is 73.0 Å². The molecule has 0 atom stereocenters. The fourth-order valence-corrected chi connectivity index (χ4v) is 3.25. The van der Waals surface area contributed by atoms with Crippen molar-refractivity contribution in [3.63, 3.8) is 0 Å². The van der Waals surface area contributed by atoms with Gasteiger partial charge in [0.15, 0.2) is 0 Å². The van der Waals surface area contributed by atoms with Crippen LogP contribution in [0.3, 0.4) is 0 Å². The van der Waals surface area contributed by atoms with Gasteiger partial charge in [0.2, 0.25) is 0 Å². The Labute approximate surface area is 130 Å². The molecule has 6 nitrogen and oxygen atoms in total. The second-order valence-electron chi connectivity index (χ2n) is 2.67. The molecule has 92 valence electrons. The summed E-state index contributed by atoms with van der Waals surface area (Å²) in [5.41, 5.74) is 0. The summed E-state index contributed by atoms with van der Waals surface area (Å²) in [7, 11) is -9.46. The zero-order valence-corrected chi connectivity index (χ0v) is 10.4. The predicted octanol–water partition coefficient (Wildman–Crippen LogP) is 0.838. The van der Waals surface area contributed by atoms with Gasteiger partial charge in [-0.15, -0.1) is 0 Å². The van der Waals surface area contributed by atoms with Crippen LogP contribution < -0.4 is 0 Å². The molecule has 0 saturated heterocycles. The Balaban J connectivity index is 0.00000256. The third kappa shape index (κ3) is 4.34. The first-order valence-electron chi connectivity index (χ1n) is 3.47.